The molecule has 1 aliphatic heterocycles. The zero-order chi connectivity index (χ0) is 18.1. The summed E-state index contributed by atoms with van der Waals surface area (Å²) in [6.07, 6.45) is 0. The lowest BCUT2D eigenvalue weighted by molar-refractivity contribution is -0.121. The van der Waals surface area contributed by atoms with Gasteiger partial charge in [0.1, 0.15) is 6.04 Å². The van der Waals surface area contributed by atoms with Crippen LogP contribution < -0.4 is 9.80 Å². The Morgan fingerprint density at radius 2 is 1.69 bits per heavy atom. The molecule has 26 heavy (non-hydrogen) atoms. The molecule has 2 heterocycles. The van der Waals surface area contributed by atoms with Crippen LogP contribution >= 0.6 is 0 Å². The fourth-order valence-electron chi connectivity index (χ4n) is 3.15. The average molecular weight is 348 g/mol. The van der Waals surface area contributed by atoms with Gasteiger partial charge in [0.2, 0.25) is 5.82 Å². The maximum absolute atomic E-state index is 13.1. The summed E-state index contributed by atoms with van der Waals surface area (Å²) < 4.78 is 0. The van der Waals surface area contributed by atoms with E-state index in [2.05, 4.69) is 20.3 Å². The number of benzene rings is 2. The number of hydrogen-bond donors (Lipinski definition) is 0. The topological polar surface area (TPSA) is 67.2 Å². The molecule has 1 amide bonds. The fraction of sp³-hybridized carbons (Fsp3) is 0.263. The molecule has 1 aliphatic rings. The van der Waals surface area contributed by atoms with Crippen molar-refractivity contribution in [3.8, 4) is 11.4 Å². The van der Waals surface area contributed by atoms with Gasteiger partial charge in [-0.2, -0.15) is 4.80 Å². The Balaban J connectivity index is 1.60. The number of nitrogens with zero attached hydrogens (tertiary/aromatic N) is 6. The maximum Gasteiger partial charge on any atom is 0.253 e. The minimum absolute atomic E-state index is 0.0393. The van der Waals surface area contributed by atoms with Crippen LogP contribution in [-0.4, -0.2) is 46.3 Å². The third-order valence-electron chi connectivity index (χ3n) is 4.67. The molecule has 0 bridgehead atoms. The molecular weight excluding hydrogens is 328 g/mol. The monoisotopic (exact) mass is 348 g/mol. The Bertz CT molecular complexity index is 923. The zero-order valence-corrected chi connectivity index (χ0v) is 14.8. The second kappa shape index (κ2) is 6.59. The van der Waals surface area contributed by atoms with Crippen molar-refractivity contribution in [2.24, 2.45) is 0 Å². The first-order chi connectivity index (χ1) is 12.6. The standard InChI is InChI=1S/C19H20N6O/c1-14(25-21-18(20-22-25)15-8-4-3-5-9-15)19(26)24-13-12-23(2)16-10-6-7-11-17(16)24/h3-11,14H,12-13H2,1-2H3. The van der Waals surface area contributed by atoms with Crippen LogP contribution in [0.1, 0.15) is 13.0 Å². The van der Waals surface area contributed by atoms with Gasteiger partial charge in [-0.15, -0.1) is 10.2 Å². The number of tetrazole rings is 1. The number of rotatable bonds is 3. The number of carbonyl (C=O) groups excluding carboxylic acids is 1. The molecule has 1 unspecified atom stereocenters. The molecule has 1 aromatic heterocycles. The average Bonchev–Trinajstić information content (AvgIpc) is 3.18. The Morgan fingerprint density at radius 1 is 1.00 bits per heavy atom. The molecular formula is C19H20N6O. The Hall–Kier alpha value is -3.22. The van der Waals surface area contributed by atoms with Gasteiger partial charge in [-0.05, 0) is 24.3 Å². The normalized spacial score (nSPS) is 14.8. The van der Waals surface area contributed by atoms with E-state index in [1.165, 1.54) is 4.80 Å². The number of para-hydroxylation sites is 2. The predicted molar refractivity (Wildman–Crippen MR) is 100 cm³/mol. The lowest BCUT2D eigenvalue weighted by atomic mass is 10.1. The van der Waals surface area contributed by atoms with Crippen LogP contribution in [-0.2, 0) is 4.79 Å². The van der Waals surface area contributed by atoms with Gasteiger partial charge >= 0.3 is 0 Å². The van der Waals surface area contributed by atoms with E-state index in [1.54, 1.807) is 6.92 Å². The highest BCUT2D eigenvalue weighted by atomic mass is 16.2. The molecule has 0 saturated heterocycles. The molecule has 0 fully saturated rings. The van der Waals surface area contributed by atoms with Crippen molar-refractivity contribution in [1.82, 2.24) is 20.2 Å². The molecule has 3 aromatic rings. The SMILES string of the molecule is CC(C(=O)N1CCN(C)c2ccccc21)n1nnc(-c2ccccc2)n1. The second-order valence-corrected chi connectivity index (χ2v) is 6.38. The van der Waals surface area contributed by atoms with E-state index >= 15 is 0 Å². The number of carbonyl (C=O) groups is 1. The summed E-state index contributed by atoms with van der Waals surface area (Å²) in [4.78, 5) is 18.5. The van der Waals surface area contributed by atoms with Gasteiger partial charge < -0.3 is 9.80 Å². The van der Waals surface area contributed by atoms with E-state index in [4.69, 9.17) is 0 Å². The van der Waals surface area contributed by atoms with Crippen LogP contribution in [0, 0.1) is 0 Å². The molecule has 7 heteroatoms. The molecule has 2 aromatic carbocycles. The molecule has 0 aliphatic carbocycles. The first-order valence-electron chi connectivity index (χ1n) is 8.61. The number of likely N-dealkylation sites (N-methyl/N-ethyl adjacent to an activating group) is 1. The molecule has 7 nitrogen and oxygen atoms in total. The molecule has 0 spiro atoms. The first-order valence-corrected chi connectivity index (χ1v) is 8.61. The van der Waals surface area contributed by atoms with Gasteiger partial charge in [0, 0.05) is 25.7 Å². The number of anilines is 2. The van der Waals surface area contributed by atoms with E-state index in [0.717, 1.165) is 23.5 Å². The summed E-state index contributed by atoms with van der Waals surface area (Å²) in [5, 5.41) is 12.6. The van der Waals surface area contributed by atoms with Gasteiger partial charge in [0.05, 0.1) is 11.4 Å². The van der Waals surface area contributed by atoms with Crippen LogP contribution in [0.4, 0.5) is 11.4 Å². The highest BCUT2D eigenvalue weighted by molar-refractivity contribution is 5.99. The van der Waals surface area contributed by atoms with E-state index in [0.29, 0.717) is 12.4 Å². The van der Waals surface area contributed by atoms with Crippen LogP contribution in [0.5, 0.6) is 0 Å². The maximum atomic E-state index is 13.1. The summed E-state index contributed by atoms with van der Waals surface area (Å²) in [7, 11) is 2.04. The Morgan fingerprint density at radius 3 is 2.46 bits per heavy atom. The van der Waals surface area contributed by atoms with E-state index in [1.807, 2.05) is 66.5 Å². The predicted octanol–water partition coefficient (Wildman–Crippen LogP) is 2.38. The van der Waals surface area contributed by atoms with Crippen LogP contribution in [0.2, 0.25) is 0 Å². The molecule has 4 rings (SSSR count). The minimum atomic E-state index is -0.531. The van der Waals surface area contributed by atoms with Gasteiger partial charge in [-0.1, -0.05) is 42.5 Å². The van der Waals surface area contributed by atoms with Crippen molar-refractivity contribution in [3.63, 3.8) is 0 Å². The molecule has 132 valence electrons. The molecule has 0 N–H and O–H groups in total. The van der Waals surface area contributed by atoms with Crippen molar-refractivity contribution in [2.75, 3.05) is 29.9 Å². The summed E-state index contributed by atoms with van der Waals surface area (Å²) >= 11 is 0. The third-order valence-corrected chi connectivity index (χ3v) is 4.67. The Kier molecular flexibility index (Phi) is 4.12. The van der Waals surface area contributed by atoms with Gasteiger partial charge in [0.25, 0.3) is 5.91 Å². The van der Waals surface area contributed by atoms with Crippen molar-refractivity contribution in [2.45, 2.75) is 13.0 Å². The molecule has 0 radical (unpaired) electrons. The highest BCUT2D eigenvalue weighted by Crippen LogP contribution is 2.33. The van der Waals surface area contributed by atoms with Crippen LogP contribution in [0.15, 0.2) is 54.6 Å². The summed E-state index contributed by atoms with van der Waals surface area (Å²) in [5.41, 5.74) is 2.85. The number of aromatic nitrogens is 4. The highest BCUT2D eigenvalue weighted by Gasteiger charge is 2.30. The lowest BCUT2D eigenvalue weighted by Crippen LogP contribution is -2.45. The van der Waals surface area contributed by atoms with Gasteiger partial charge in [-0.25, -0.2) is 0 Å². The largest absolute Gasteiger partial charge is 0.371 e. The van der Waals surface area contributed by atoms with Crippen molar-refractivity contribution >= 4 is 17.3 Å². The van der Waals surface area contributed by atoms with Crippen LogP contribution in [0.3, 0.4) is 0 Å². The van der Waals surface area contributed by atoms with Crippen molar-refractivity contribution in [1.29, 1.82) is 0 Å². The molecule has 0 saturated carbocycles. The van der Waals surface area contributed by atoms with Crippen LogP contribution in [0.25, 0.3) is 11.4 Å². The summed E-state index contributed by atoms with van der Waals surface area (Å²) in [5.74, 6) is 0.478. The number of amides is 1. The van der Waals surface area contributed by atoms with Crippen molar-refractivity contribution in [3.05, 3.63) is 54.6 Å². The number of hydrogen-bond acceptors (Lipinski definition) is 5. The van der Waals surface area contributed by atoms with E-state index in [-0.39, 0.29) is 5.91 Å². The molecule has 1 atom stereocenters. The van der Waals surface area contributed by atoms with E-state index < -0.39 is 6.04 Å². The second-order valence-electron chi connectivity index (χ2n) is 6.38. The van der Waals surface area contributed by atoms with Gasteiger partial charge in [-0.3, -0.25) is 4.79 Å². The lowest BCUT2D eigenvalue weighted by Gasteiger charge is -2.36. The third kappa shape index (κ3) is 2.81. The summed E-state index contributed by atoms with van der Waals surface area (Å²) in [6, 6.07) is 17.0. The quantitative estimate of drug-likeness (QED) is 0.727. The first kappa shape index (κ1) is 16.3. The van der Waals surface area contributed by atoms with Crippen molar-refractivity contribution < 1.29 is 4.79 Å². The fourth-order valence-corrected chi connectivity index (χ4v) is 3.15. The van der Waals surface area contributed by atoms with Gasteiger partial charge in [0.15, 0.2) is 0 Å². The number of fused-ring (bicyclic) bond motifs is 1. The minimum Gasteiger partial charge on any atom is -0.371 e. The summed E-state index contributed by atoms with van der Waals surface area (Å²) in [6.45, 7) is 3.23. The Labute approximate surface area is 151 Å². The van der Waals surface area contributed by atoms with E-state index in [9.17, 15) is 4.79 Å². The zero-order valence-electron chi connectivity index (χ0n) is 14.8. The smallest absolute Gasteiger partial charge is 0.253 e.